The van der Waals surface area contributed by atoms with Gasteiger partial charge in [0.2, 0.25) is 5.91 Å². The van der Waals surface area contributed by atoms with Gasteiger partial charge < -0.3 is 5.11 Å². The molecule has 0 aromatic heterocycles. The molecule has 1 saturated carbocycles. The first-order valence-corrected chi connectivity index (χ1v) is 7.93. The summed E-state index contributed by atoms with van der Waals surface area (Å²) >= 11 is 0. The molecular formula is C19H20N2O2. The van der Waals surface area contributed by atoms with E-state index in [2.05, 4.69) is 22.7 Å². The lowest BCUT2D eigenvalue weighted by Gasteiger charge is -2.09. The van der Waals surface area contributed by atoms with Gasteiger partial charge in [0.25, 0.3) is 0 Å². The predicted octanol–water partition coefficient (Wildman–Crippen LogP) is 3.26. The monoisotopic (exact) mass is 308 g/mol. The van der Waals surface area contributed by atoms with E-state index in [-0.39, 0.29) is 17.6 Å². The van der Waals surface area contributed by atoms with Crippen molar-refractivity contribution in [3.05, 3.63) is 65.7 Å². The largest absolute Gasteiger partial charge is 0.507 e. The maximum absolute atomic E-state index is 11.8. The molecule has 4 nitrogen and oxygen atoms in total. The molecule has 0 heterocycles. The summed E-state index contributed by atoms with van der Waals surface area (Å²) in [6, 6.07) is 17.2. The van der Waals surface area contributed by atoms with Crippen molar-refractivity contribution in [1.29, 1.82) is 0 Å². The third-order valence-electron chi connectivity index (χ3n) is 3.96. The van der Waals surface area contributed by atoms with E-state index in [1.54, 1.807) is 12.1 Å². The average molecular weight is 308 g/mol. The summed E-state index contributed by atoms with van der Waals surface area (Å²) in [6.07, 6.45) is 3.33. The standard InChI is InChI=1S/C19H20N2O2/c22-18-9-5-4-8-16(18)17(20-21-19(23)15-11-12-15)13-10-14-6-2-1-3-7-14/h1-9,15,22H,10-13H2,(H,21,23)/b20-17+. The van der Waals surface area contributed by atoms with Crippen LogP contribution in [0.5, 0.6) is 5.75 Å². The van der Waals surface area contributed by atoms with Crippen LogP contribution < -0.4 is 5.43 Å². The SMILES string of the molecule is O=C(N/N=C(\CCc1ccccc1)c1ccccc1O)C1CC1. The zero-order valence-electron chi connectivity index (χ0n) is 12.9. The highest BCUT2D eigenvalue weighted by Gasteiger charge is 2.29. The van der Waals surface area contributed by atoms with Crippen molar-refractivity contribution in [2.45, 2.75) is 25.7 Å². The van der Waals surface area contributed by atoms with E-state index in [1.807, 2.05) is 30.3 Å². The number of phenols is 1. The number of carbonyl (C=O) groups excluding carboxylic acids is 1. The summed E-state index contributed by atoms with van der Waals surface area (Å²) in [6.45, 7) is 0. The van der Waals surface area contributed by atoms with Crippen molar-refractivity contribution in [2.24, 2.45) is 11.0 Å². The highest BCUT2D eigenvalue weighted by molar-refractivity contribution is 6.03. The molecular weight excluding hydrogens is 288 g/mol. The lowest BCUT2D eigenvalue weighted by Crippen LogP contribution is -2.21. The second-order valence-electron chi connectivity index (χ2n) is 5.81. The average Bonchev–Trinajstić information content (AvgIpc) is 3.42. The van der Waals surface area contributed by atoms with Crippen molar-refractivity contribution in [2.75, 3.05) is 0 Å². The third-order valence-corrected chi connectivity index (χ3v) is 3.96. The molecule has 1 fully saturated rings. The molecule has 2 N–H and O–H groups in total. The molecule has 2 aromatic carbocycles. The smallest absolute Gasteiger partial charge is 0.243 e. The van der Waals surface area contributed by atoms with Gasteiger partial charge in [0.05, 0.1) is 5.71 Å². The van der Waals surface area contributed by atoms with Gasteiger partial charge in [-0.1, -0.05) is 42.5 Å². The molecule has 23 heavy (non-hydrogen) atoms. The Morgan fingerprint density at radius 3 is 2.48 bits per heavy atom. The summed E-state index contributed by atoms with van der Waals surface area (Å²) in [5.41, 5.74) is 5.20. The van der Waals surface area contributed by atoms with Crippen molar-refractivity contribution in [1.82, 2.24) is 5.43 Å². The lowest BCUT2D eigenvalue weighted by atomic mass is 10.0. The van der Waals surface area contributed by atoms with Crippen LogP contribution in [0.4, 0.5) is 0 Å². The van der Waals surface area contributed by atoms with Gasteiger partial charge in [-0.15, -0.1) is 0 Å². The summed E-state index contributed by atoms with van der Waals surface area (Å²) in [5.74, 6) is 0.260. The van der Waals surface area contributed by atoms with Gasteiger partial charge in [-0.05, 0) is 43.4 Å². The molecule has 1 aliphatic carbocycles. The number of benzene rings is 2. The van der Waals surface area contributed by atoms with Crippen LogP contribution in [0.3, 0.4) is 0 Å². The van der Waals surface area contributed by atoms with Gasteiger partial charge in [-0.25, -0.2) is 5.43 Å². The first-order valence-electron chi connectivity index (χ1n) is 7.93. The number of aryl methyl sites for hydroxylation is 1. The first-order chi connectivity index (χ1) is 11.2. The van der Waals surface area contributed by atoms with Crippen LogP contribution >= 0.6 is 0 Å². The van der Waals surface area contributed by atoms with E-state index in [1.165, 1.54) is 5.56 Å². The fraction of sp³-hybridized carbons (Fsp3) is 0.263. The molecule has 0 unspecified atom stereocenters. The number of nitrogens with one attached hydrogen (secondary N) is 1. The number of hydrazone groups is 1. The van der Waals surface area contributed by atoms with E-state index < -0.39 is 0 Å². The van der Waals surface area contributed by atoms with Crippen LogP contribution in [0, 0.1) is 5.92 Å². The fourth-order valence-electron chi connectivity index (χ4n) is 2.44. The van der Waals surface area contributed by atoms with E-state index in [0.717, 1.165) is 19.3 Å². The number of para-hydroxylation sites is 1. The van der Waals surface area contributed by atoms with Gasteiger partial charge >= 0.3 is 0 Å². The summed E-state index contributed by atoms with van der Waals surface area (Å²) in [5, 5.41) is 14.4. The van der Waals surface area contributed by atoms with Crippen LogP contribution in [0.15, 0.2) is 59.7 Å². The Balaban J connectivity index is 1.76. The summed E-state index contributed by atoms with van der Waals surface area (Å²) in [7, 11) is 0. The van der Waals surface area contributed by atoms with E-state index in [9.17, 15) is 9.90 Å². The first kappa shape index (κ1) is 15.3. The zero-order valence-corrected chi connectivity index (χ0v) is 12.9. The van der Waals surface area contributed by atoms with Gasteiger partial charge in [0.15, 0.2) is 0 Å². The molecule has 3 rings (SSSR count). The van der Waals surface area contributed by atoms with Crippen LogP contribution in [0.25, 0.3) is 0 Å². The Kier molecular flexibility index (Phi) is 4.71. The number of hydrogen-bond acceptors (Lipinski definition) is 3. The lowest BCUT2D eigenvalue weighted by molar-refractivity contribution is -0.122. The third kappa shape index (κ3) is 4.19. The van der Waals surface area contributed by atoms with Crippen molar-refractivity contribution >= 4 is 11.6 Å². The Morgan fingerprint density at radius 2 is 1.78 bits per heavy atom. The Labute approximate surface area is 135 Å². The molecule has 0 saturated heterocycles. The predicted molar refractivity (Wildman–Crippen MR) is 90.3 cm³/mol. The Morgan fingerprint density at radius 1 is 1.09 bits per heavy atom. The minimum absolute atomic E-state index is 0.0300. The second kappa shape index (κ2) is 7.09. The number of carbonyl (C=O) groups is 1. The van der Waals surface area contributed by atoms with Crippen LogP contribution in [-0.4, -0.2) is 16.7 Å². The number of hydrogen-bond donors (Lipinski definition) is 2. The molecule has 1 amide bonds. The van der Waals surface area contributed by atoms with E-state index in [4.69, 9.17) is 0 Å². The molecule has 1 aliphatic rings. The molecule has 4 heteroatoms. The van der Waals surface area contributed by atoms with Gasteiger partial charge in [-0.3, -0.25) is 4.79 Å². The van der Waals surface area contributed by atoms with Crippen LogP contribution in [0.1, 0.15) is 30.4 Å². The van der Waals surface area contributed by atoms with E-state index >= 15 is 0 Å². The summed E-state index contributed by atoms with van der Waals surface area (Å²) in [4.78, 5) is 11.8. The van der Waals surface area contributed by atoms with E-state index in [0.29, 0.717) is 17.7 Å². The topological polar surface area (TPSA) is 61.7 Å². The van der Waals surface area contributed by atoms with Crippen molar-refractivity contribution in [3.63, 3.8) is 0 Å². The Hall–Kier alpha value is -2.62. The van der Waals surface area contributed by atoms with Crippen LogP contribution in [-0.2, 0) is 11.2 Å². The number of phenolic OH excluding ortho intramolecular Hbond substituents is 1. The molecule has 0 spiro atoms. The maximum atomic E-state index is 11.8. The quantitative estimate of drug-likeness (QED) is 0.635. The number of rotatable bonds is 6. The highest BCUT2D eigenvalue weighted by Crippen LogP contribution is 2.28. The molecule has 0 bridgehead atoms. The molecule has 118 valence electrons. The molecule has 0 atom stereocenters. The van der Waals surface area contributed by atoms with Crippen LogP contribution in [0.2, 0.25) is 0 Å². The minimum atomic E-state index is -0.0300. The number of aromatic hydroxyl groups is 1. The number of amides is 1. The van der Waals surface area contributed by atoms with Crippen molar-refractivity contribution < 1.29 is 9.90 Å². The second-order valence-corrected chi connectivity index (χ2v) is 5.81. The highest BCUT2D eigenvalue weighted by atomic mass is 16.3. The minimum Gasteiger partial charge on any atom is -0.507 e. The molecule has 0 aliphatic heterocycles. The molecule has 0 radical (unpaired) electrons. The summed E-state index contributed by atoms with van der Waals surface area (Å²) < 4.78 is 0. The Bertz CT molecular complexity index is 706. The van der Waals surface area contributed by atoms with Gasteiger partial charge in [0.1, 0.15) is 5.75 Å². The van der Waals surface area contributed by atoms with Gasteiger partial charge in [0, 0.05) is 11.5 Å². The number of nitrogens with zero attached hydrogens (tertiary/aromatic N) is 1. The fourth-order valence-corrected chi connectivity index (χ4v) is 2.44. The maximum Gasteiger partial charge on any atom is 0.243 e. The van der Waals surface area contributed by atoms with Gasteiger partial charge in [-0.2, -0.15) is 5.10 Å². The zero-order chi connectivity index (χ0) is 16.1. The normalized spacial score (nSPS) is 14.5. The molecule has 2 aromatic rings. The van der Waals surface area contributed by atoms with Crippen molar-refractivity contribution in [3.8, 4) is 5.75 Å².